The van der Waals surface area contributed by atoms with Crippen LogP contribution in [0, 0.1) is 11.7 Å². The number of halogens is 1. The summed E-state index contributed by atoms with van der Waals surface area (Å²) < 4.78 is 20.3. The van der Waals surface area contributed by atoms with E-state index >= 15 is 0 Å². The summed E-state index contributed by atoms with van der Waals surface area (Å²) in [6.07, 6.45) is 1.74. The molecule has 32 heavy (non-hydrogen) atoms. The predicted octanol–water partition coefficient (Wildman–Crippen LogP) is 4.22. The molecule has 1 aliphatic rings. The third-order valence-electron chi connectivity index (χ3n) is 6.21. The van der Waals surface area contributed by atoms with Gasteiger partial charge in [-0.05, 0) is 60.2 Å². The summed E-state index contributed by atoms with van der Waals surface area (Å²) in [4.78, 5) is 15.0. The maximum absolute atomic E-state index is 13.3. The maximum atomic E-state index is 13.3. The first-order valence-corrected chi connectivity index (χ1v) is 10.4. The number of anilines is 1. The van der Waals surface area contributed by atoms with Gasteiger partial charge in [-0.2, -0.15) is 5.10 Å². The molecule has 0 radical (unpaired) electrons. The van der Waals surface area contributed by atoms with Crippen molar-refractivity contribution >= 4 is 22.5 Å². The van der Waals surface area contributed by atoms with Gasteiger partial charge in [-0.3, -0.25) is 4.79 Å². The van der Waals surface area contributed by atoms with Crippen LogP contribution in [0.5, 0.6) is 5.75 Å². The van der Waals surface area contributed by atoms with Crippen LogP contribution >= 0.6 is 0 Å². The minimum absolute atomic E-state index is 0.0106. The molecule has 5 rings (SSSR count). The Balaban J connectivity index is 1.56. The second-order valence-corrected chi connectivity index (χ2v) is 8.07. The Morgan fingerprint density at radius 1 is 1.00 bits per heavy atom. The summed E-state index contributed by atoms with van der Waals surface area (Å²) in [6, 6.07) is 19.0. The molecule has 6 nitrogen and oxygen atoms in total. The van der Waals surface area contributed by atoms with Crippen LogP contribution < -0.4 is 15.4 Å². The van der Waals surface area contributed by atoms with Crippen molar-refractivity contribution in [3.8, 4) is 11.4 Å². The molecule has 2 N–H and O–H groups in total. The molecule has 0 aliphatic carbocycles. The average molecular weight is 430 g/mol. The number of benzene rings is 3. The Morgan fingerprint density at radius 3 is 2.38 bits per heavy atom. The zero-order valence-corrected chi connectivity index (χ0v) is 17.8. The molecular formula is C25H23FN4O2. The minimum atomic E-state index is -0.339. The van der Waals surface area contributed by atoms with Gasteiger partial charge in [0.25, 0.3) is 0 Å². The van der Waals surface area contributed by atoms with Crippen LogP contribution in [0.1, 0.15) is 18.5 Å². The first kappa shape index (κ1) is 20.2. The topological polar surface area (TPSA) is 73.4 Å². The number of hydrogen-bond acceptors (Lipinski definition) is 4. The lowest BCUT2D eigenvalue weighted by Gasteiger charge is -2.27. The van der Waals surface area contributed by atoms with Crippen molar-refractivity contribution in [2.75, 3.05) is 12.0 Å². The van der Waals surface area contributed by atoms with Crippen LogP contribution in [0.25, 0.3) is 16.6 Å². The number of nitrogens with two attached hydrogens (primary N) is 1. The van der Waals surface area contributed by atoms with Crippen LogP contribution in [-0.2, 0) is 4.79 Å². The van der Waals surface area contributed by atoms with Gasteiger partial charge in [-0.15, -0.1) is 0 Å². The van der Waals surface area contributed by atoms with Crippen molar-refractivity contribution in [3.05, 3.63) is 84.3 Å². The standard InChI is InChI=1S/C25H23FN4O2/c1-15-23(27)24(16-3-10-21(32-2)11-4-16)29(25(15)31)20-9-12-22-17(13-20)14-28-30(22)19-7-5-18(26)6-8-19/h3-15,23-24H,27H2,1-2H3/t15-,23+,24?/m1/s1. The normalized spacial score (nSPS) is 20.8. The first-order valence-electron chi connectivity index (χ1n) is 10.4. The zero-order chi connectivity index (χ0) is 22.4. The van der Waals surface area contributed by atoms with Crippen LogP contribution in [0.2, 0.25) is 0 Å². The van der Waals surface area contributed by atoms with E-state index < -0.39 is 0 Å². The van der Waals surface area contributed by atoms with Gasteiger partial charge in [0.05, 0.1) is 36.5 Å². The lowest BCUT2D eigenvalue weighted by molar-refractivity contribution is -0.120. The third-order valence-corrected chi connectivity index (χ3v) is 6.21. The molecule has 2 heterocycles. The van der Waals surface area contributed by atoms with Gasteiger partial charge >= 0.3 is 0 Å². The van der Waals surface area contributed by atoms with Crippen LogP contribution in [0.15, 0.2) is 72.9 Å². The van der Waals surface area contributed by atoms with Gasteiger partial charge in [-0.25, -0.2) is 9.07 Å². The highest BCUT2D eigenvalue weighted by Crippen LogP contribution is 2.40. The number of fused-ring (bicyclic) bond motifs is 1. The number of amides is 1. The van der Waals surface area contributed by atoms with Crippen molar-refractivity contribution in [3.63, 3.8) is 0 Å². The van der Waals surface area contributed by atoms with Crippen molar-refractivity contribution in [1.29, 1.82) is 0 Å². The van der Waals surface area contributed by atoms with E-state index in [1.807, 2.05) is 49.4 Å². The SMILES string of the molecule is COc1ccc(C2[C@@H](N)[C@@H](C)C(=O)N2c2ccc3c(cnn3-c3ccc(F)cc3)c2)cc1. The molecule has 3 atom stereocenters. The lowest BCUT2D eigenvalue weighted by atomic mass is 9.95. The Kier molecular flexibility index (Phi) is 4.90. The van der Waals surface area contributed by atoms with E-state index in [1.54, 1.807) is 35.0 Å². The Bertz CT molecular complexity index is 1280. The zero-order valence-electron chi connectivity index (χ0n) is 17.8. The molecule has 162 valence electrons. The van der Waals surface area contributed by atoms with E-state index in [2.05, 4.69) is 5.10 Å². The molecule has 1 unspecified atom stereocenters. The highest BCUT2D eigenvalue weighted by atomic mass is 19.1. The number of nitrogens with zero attached hydrogens (tertiary/aromatic N) is 3. The number of ether oxygens (including phenoxy) is 1. The lowest BCUT2D eigenvalue weighted by Crippen LogP contribution is -2.33. The number of methoxy groups -OCH3 is 1. The molecule has 1 aliphatic heterocycles. The van der Waals surface area contributed by atoms with E-state index in [-0.39, 0.29) is 29.7 Å². The summed E-state index contributed by atoms with van der Waals surface area (Å²) >= 11 is 0. The average Bonchev–Trinajstić information content (AvgIpc) is 3.34. The molecule has 3 aromatic carbocycles. The number of carbonyl (C=O) groups is 1. The van der Waals surface area contributed by atoms with E-state index in [1.165, 1.54) is 12.1 Å². The summed E-state index contributed by atoms with van der Waals surface area (Å²) in [5, 5.41) is 5.34. The van der Waals surface area contributed by atoms with Gasteiger partial charge in [0.15, 0.2) is 0 Å². The largest absolute Gasteiger partial charge is 0.497 e. The van der Waals surface area contributed by atoms with Crippen LogP contribution in [-0.4, -0.2) is 28.8 Å². The van der Waals surface area contributed by atoms with Crippen LogP contribution in [0.3, 0.4) is 0 Å². The minimum Gasteiger partial charge on any atom is -0.497 e. The Labute approximate surface area is 185 Å². The molecule has 0 spiro atoms. The summed E-state index contributed by atoms with van der Waals surface area (Å²) in [5.74, 6) is 0.138. The van der Waals surface area contributed by atoms with E-state index in [0.29, 0.717) is 0 Å². The molecule has 1 aromatic heterocycles. The molecule has 0 bridgehead atoms. The number of carbonyl (C=O) groups excluding carboxylic acids is 1. The van der Waals surface area contributed by atoms with Crippen LogP contribution in [0.4, 0.5) is 10.1 Å². The van der Waals surface area contributed by atoms with Gasteiger partial charge in [0.1, 0.15) is 11.6 Å². The molecular weight excluding hydrogens is 407 g/mol. The van der Waals surface area contributed by atoms with Gasteiger partial charge in [0.2, 0.25) is 5.91 Å². The smallest absolute Gasteiger partial charge is 0.232 e. The van der Waals surface area contributed by atoms with E-state index in [4.69, 9.17) is 10.5 Å². The fourth-order valence-corrected chi connectivity index (χ4v) is 4.39. The predicted molar refractivity (Wildman–Crippen MR) is 121 cm³/mol. The molecule has 1 amide bonds. The maximum Gasteiger partial charge on any atom is 0.232 e. The monoisotopic (exact) mass is 430 g/mol. The molecule has 4 aromatic rings. The van der Waals surface area contributed by atoms with Gasteiger partial charge in [0, 0.05) is 17.1 Å². The molecule has 1 saturated heterocycles. The summed E-state index contributed by atoms with van der Waals surface area (Å²) in [7, 11) is 1.62. The van der Waals surface area contributed by atoms with Crippen molar-refractivity contribution < 1.29 is 13.9 Å². The van der Waals surface area contributed by atoms with Gasteiger partial charge < -0.3 is 15.4 Å². The number of hydrogen-bond donors (Lipinski definition) is 1. The number of aromatic nitrogens is 2. The summed E-state index contributed by atoms with van der Waals surface area (Å²) in [5.41, 5.74) is 9.86. The van der Waals surface area contributed by atoms with Crippen molar-refractivity contribution in [2.45, 2.75) is 19.0 Å². The highest BCUT2D eigenvalue weighted by molar-refractivity contribution is 6.00. The first-order chi connectivity index (χ1) is 15.5. The Hall–Kier alpha value is -3.71. The highest BCUT2D eigenvalue weighted by Gasteiger charge is 2.45. The fourth-order valence-electron chi connectivity index (χ4n) is 4.39. The molecule has 0 saturated carbocycles. The second kappa shape index (κ2) is 7.76. The number of rotatable bonds is 4. The fraction of sp³-hybridized carbons (Fsp3) is 0.200. The molecule has 1 fully saturated rings. The van der Waals surface area contributed by atoms with E-state index in [0.717, 1.165) is 33.6 Å². The molecule has 7 heteroatoms. The van der Waals surface area contributed by atoms with Gasteiger partial charge in [-0.1, -0.05) is 19.1 Å². The second-order valence-electron chi connectivity index (χ2n) is 8.07. The third kappa shape index (κ3) is 3.22. The summed E-state index contributed by atoms with van der Waals surface area (Å²) in [6.45, 7) is 1.87. The quantitative estimate of drug-likeness (QED) is 0.526. The van der Waals surface area contributed by atoms with E-state index in [9.17, 15) is 9.18 Å². The Morgan fingerprint density at radius 2 is 1.69 bits per heavy atom. The van der Waals surface area contributed by atoms with Crippen molar-refractivity contribution in [2.24, 2.45) is 11.7 Å². The van der Waals surface area contributed by atoms with Crippen molar-refractivity contribution in [1.82, 2.24) is 9.78 Å².